The van der Waals surface area contributed by atoms with E-state index in [9.17, 15) is 13.6 Å². The van der Waals surface area contributed by atoms with Gasteiger partial charge >= 0.3 is 6.61 Å². The van der Waals surface area contributed by atoms with Crippen molar-refractivity contribution in [3.8, 4) is 11.5 Å². The van der Waals surface area contributed by atoms with Crippen molar-refractivity contribution in [2.24, 2.45) is 5.92 Å². The maximum absolute atomic E-state index is 12.4. The van der Waals surface area contributed by atoms with Crippen LogP contribution >= 0.6 is 0 Å². The molecule has 0 atom stereocenters. The molecule has 1 N–H and O–H groups in total. The van der Waals surface area contributed by atoms with Gasteiger partial charge in [-0.05, 0) is 43.0 Å². The SMILES string of the molecule is COc1ccc(CN(C)C(=O)CNCC2CC2)cc1OC(F)F. The molecule has 7 heteroatoms. The van der Waals surface area contributed by atoms with Gasteiger partial charge in [-0.2, -0.15) is 8.78 Å². The first-order valence-electron chi connectivity index (χ1n) is 7.56. The molecule has 1 saturated carbocycles. The second-order valence-electron chi connectivity index (χ2n) is 5.69. The Bertz CT molecular complexity index is 536. The average molecular weight is 328 g/mol. The van der Waals surface area contributed by atoms with Gasteiger partial charge in [0.05, 0.1) is 13.7 Å². The van der Waals surface area contributed by atoms with Crippen LogP contribution in [0.15, 0.2) is 18.2 Å². The molecular weight excluding hydrogens is 306 g/mol. The Hall–Kier alpha value is -1.89. The molecule has 1 aromatic rings. The third-order valence-electron chi connectivity index (χ3n) is 3.70. The molecule has 5 nitrogen and oxygen atoms in total. The Labute approximate surface area is 134 Å². The highest BCUT2D eigenvalue weighted by Gasteiger charge is 2.21. The molecule has 1 fully saturated rings. The third-order valence-corrected chi connectivity index (χ3v) is 3.70. The molecule has 0 unspecified atom stereocenters. The zero-order chi connectivity index (χ0) is 16.8. The Balaban J connectivity index is 1.90. The van der Waals surface area contributed by atoms with Gasteiger partial charge in [-0.25, -0.2) is 0 Å². The fourth-order valence-corrected chi connectivity index (χ4v) is 2.21. The number of methoxy groups -OCH3 is 1. The molecule has 1 aliphatic rings. The summed E-state index contributed by atoms with van der Waals surface area (Å²) in [6, 6.07) is 4.74. The zero-order valence-corrected chi connectivity index (χ0v) is 13.4. The molecule has 0 aliphatic heterocycles. The summed E-state index contributed by atoms with van der Waals surface area (Å²) in [6.45, 7) is -1.46. The molecule has 1 aliphatic carbocycles. The predicted octanol–water partition coefficient (Wildman–Crippen LogP) is 2.25. The highest BCUT2D eigenvalue weighted by Crippen LogP contribution is 2.30. The van der Waals surface area contributed by atoms with Crippen LogP contribution in [0, 0.1) is 5.92 Å². The van der Waals surface area contributed by atoms with E-state index in [4.69, 9.17) is 4.74 Å². The Kier molecular flexibility index (Phi) is 6.15. The summed E-state index contributed by atoms with van der Waals surface area (Å²) in [5.74, 6) is 0.864. The molecule has 0 saturated heterocycles. The largest absolute Gasteiger partial charge is 0.493 e. The summed E-state index contributed by atoms with van der Waals surface area (Å²) in [6.07, 6.45) is 2.46. The lowest BCUT2D eigenvalue weighted by Gasteiger charge is -2.19. The number of benzene rings is 1. The molecule has 0 bridgehead atoms. The van der Waals surface area contributed by atoms with E-state index in [0.717, 1.165) is 6.54 Å². The summed E-state index contributed by atoms with van der Waals surface area (Å²) in [5.41, 5.74) is 0.694. The maximum Gasteiger partial charge on any atom is 0.387 e. The van der Waals surface area contributed by atoms with Crippen LogP contribution in [-0.2, 0) is 11.3 Å². The van der Waals surface area contributed by atoms with E-state index in [2.05, 4.69) is 10.1 Å². The molecule has 0 spiro atoms. The monoisotopic (exact) mass is 328 g/mol. The van der Waals surface area contributed by atoms with E-state index < -0.39 is 6.61 Å². The Morgan fingerprint density at radius 1 is 1.39 bits per heavy atom. The van der Waals surface area contributed by atoms with Gasteiger partial charge in [-0.3, -0.25) is 4.79 Å². The number of carbonyl (C=O) groups excluding carboxylic acids is 1. The van der Waals surface area contributed by atoms with E-state index in [-0.39, 0.29) is 24.0 Å². The van der Waals surface area contributed by atoms with Crippen molar-refractivity contribution >= 4 is 5.91 Å². The number of nitrogens with one attached hydrogen (secondary N) is 1. The van der Waals surface area contributed by atoms with Crippen LogP contribution in [0.5, 0.6) is 11.5 Å². The van der Waals surface area contributed by atoms with Gasteiger partial charge in [-0.15, -0.1) is 0 Å². The van der Waals surface area contributed by atoms with Gasteiger partial charge in [-0.1, -0.05) is 6.07 Å². The minimum Gasteiger partial charge on any atom is -0.493 e. The van der Waals surface area contributed by atoms with Crippen molar-refractivity contribution in [1.82, 2.24) is 10.2 Å². The smallest absolute Gasteiger partial charge is 0.387 e. The fourth-order valence-electron chi connectivity index (χ4n) is 2.21. The molecule has 1 aromatic carbocycles. The highest BCUT2D eigenvalue weighted by molar-refractivity contribution is 5.78. The summed E-state index contributed by atoms with van der Waals surface area (Å²) in [4.78, 5) is 13.6. The fraction of sp³-hybridized carbons (Fsp3) is 0.562. The number of amides is 1. The predicted molar refractivity (Wildman–Crippen MR) is 81.7 cm³/mol. The van der Waals surface area contributed by atoms with Gasteiger partial charge < -0.3 is 19.7 Å². The van der Waals surface area contributed by atoms with E-state index in [1.54, 1.807) is 24.1 Å². The molecule has 1 amide bonds. The summed E-state index contributed by atoms with van der Waals surface area (Å²) >= 11 is 0. The maximum atomic E-state index is 12.4. The summed E-state index contributed by atoms with van der Waals surface area (Å²) < 4.78 is 34.3. The van der Waals surface area contributed by atoms with Gasteiger partial charge in [0.1, 0.15) is 0 Å². The zero-order valence-electron chi connectivity index (χ0n) is 13.4. The number of hydrogen-bond acceptors (Lipinski definition) is 4. The first-order valence-corrected chi connectivity index (χ1v) is 7.56. The van der Waals surface area contributed by atoms with Crippen LogP contribution in [0.3, 0.4) is 0 Å². The van der Waals surface area contributed by atoms with Crippen LogP contribution in [0.1, 0.15) is 18.4 Å². The lowest BCUT2D eigenvalue weighted by molar-refractivity contribution is -0.129. The van der Waals surface area contributed by atoms with E-state index in [1.807, 2.05) is 0 Å². The van der Waals surface area contributed by atoms with Crippen LogP contribution in [0.4, 0.5) is 8.78 Å². The molecule has 0 radical (unpaired) electrons. The molecule has 0 aromatic heterocycles. The van der Waals surface area contributed by atoms with Crippen LogP contribution in [0.25, 0.3) is 0 Å². The third kappa shape index (κ3) is 5.67. The van der Waals surface area contributed by atoms with Crippen molar-refractivity contribution in [1.29, 1.82) is 0 Å². The van der Waals surface area contributed by atoms with Crippen molar-refractivity contribution in [3.05, 3.63) is 23.8 Å². The number of carbonyl (C=O) groups is 1. The quantitative estimate of drug-likeness (QED) is 0.755. The number of halogens is 2. The van der Waals surface area contributed by atoms with Crippen molar-refractivity contribution in [3.63, 3.8) is 0 Å². The molecule has 2 rings (SSSR count). The average Bonchev–Trinajstić information content (AvgIpc) is 3.31. The second kappa shape index (κ2) is 8.10. The minimum atomic E-state index is -2.93. The molecule has 0 heterocycles. The van der Waals surface area contributed by atoms with Gasteiger partial charge in [0, 0.05) is 13.6 Å². The van der Waals surface area contributed by atoms with Gasteiger partial charge in [0.25, 0.3) is 0 Å². The molecule has 23 heavy (non-hydrogen) atoms. The standard InChI is InChI=1S/C16H22F2N2O3/c1-20(15(21)9-19-8-11-3-4-11)10-12-5-6-13(22-2)14(7-12)23-16(17)18/h5-7,11,16,19H,3-4,8-10H2,1-2H3. The van der Waals surface area contributed by atoms with E-state index >= 15 is 0 Å². The Morgan fingerprint density at radius 2 is 2.13 bits per heavy atom. The van der Waals surface area contributed by atoms with Crippen LogP contribution < -0.4 is 14.8 Å². The first kappa shape index (κ1) is 17.5. The number of nitrogens with zero attached hydrogens (tertiary/aromatic N) is 1. The summed E-state index contributed by atoms with van der Waals surface area (Å²) in [7, 11) is 3.06. The Morgan fingerprint density at radius 3 is 2.74 bits per heavy atom. The van der Waals surface area contributed by atoms with Gasteiger partial charge in [0.15, 0.2) is 11.5 Å². The van der Waals surface area contributed by atoms with E-state index in [0.29, 0.717) is 18.0 Å². The number of alkyl halides is 2. The lowest BCUT2D eigenvalue weighted by Crippen LogP contribution is -2.35. The first-order chi connectivity index (χ1) is 11.0. The highest BCUT2D eigenvalue weighted by atomic mass is 19.3. The van der Waals surface area contributed by atoms with Crippen molar-refractivity contribution < 1.29 is 23.0 Å². The molecule has 128 valence electrons. The number of rotatable bonds is 9. The van der Waals surface area contributed by atoms with E-state index in [1.165, 1.54) is 26.0 Å². The topological polar surface area (TPSA) is 50.8 Å². The number of likely N-dealkylation sites (N-methyl/N-ethyl adjacent to an activating group) is 1. The lowest BCUT2D eigenvalue weighted by atomic mass is 10.2. The number of ether oxygens (including phenoxy) is 2. The summed E-state index contributed by atoms with van der Waals surface area (Å²) in [5, 5.41) is 3.13. The van der Waals surface area contributed by atoms with Crippen LogP contribution in [0.2, 0.25) is 0 Å². The van der Waals surface area contributed by atoms with Crippen molar-refractivity contribution in [2.45, 2.75) is 26.0 Å². The molecular formula is C16H22F2N2O3. The second-order valence-corrected chi connectivity index (χ2v) is 5.69. The normalized spacial score (nSPS) is 14.0. The van der Waals surface area contributed by atoms with Crippen molar-refractivity contribution in [2.75, 3.05) is 27.2 Å². The van der Waals surface area contributed by atoms with Gasteiger partial charge in [0.2, 0.25) is 5.91 Å². The van der Waals surface area contributed by atoms with Crippen LogP contribution in [-0.4, -0.2) is 44.7 Å². The minimum absolute atomic E-state index is 0.0345. The number of hydrogen-bond donors (Lipinski definition) is 1.